The summed E-state index contributed by atoms with van der Waals surface area (Å²) < 4.78 is 31.9. The fraction of sp³-hybridized carbons (Fsp3) is 0.533. The van der Waals surface area contributed by atoms with Crippen LogP contribution >= 0.6 is 0 Å². The topological polar surface area (TPSA) is 75.7 Å². The van der Waals surface area contributed by atoms with Gasteiger partial charge in [0.25, 0.3) is 5.91 Å². The van der Waals surface area contributed by atoms with Crippen LogP contribution in [0, 0.1) is 0 Å². The van der Waals surface area contributed by atoms with Gasteiger partial charge in [-0.1, -0.05) is 18.2 Å². The lowest BCUT2D eigenvalue weighted by atomic mass is 10.3. The van der Waals surface area contributed by atoms with Gasteiger partial charge >= 0.3 is 0 Å². The van der Waals surface area contributed by atoms with E-state index in [0.717, 1.165) is 12.8 Å². The summed E-state index contributed by atoms with van der Waals surface area (Å²) in [4.78, 5) is 13.8. The van der Waals surface area contributed by atoms with E-state index < -0.39 is 10.0 Å². The van der Waals surface area contributed by atoms with E-state index in [1.165, 1.54) is 0 Å². The summed E-state index contributed by atoms with van der Waals surface area (Å²) in [6, 6.07) is 8.99. The van der Waals surface area contributed by atoms with Gasteiger partial charge < -0.3 is 9.64 Å². The van der Waals surface area contributed by atoms with E-state index in [4.69, 9.17) is 4.74 Å². The maximum absolute atomic E-state index is 12.1. The van der Waals surface area contributed by atoms with E-state index in [9.17, 15) is 13.2 Å². The third-order valence-electron chi connectivity index (χ3n) is 3.94. The Labute approximate surface area is 130 Å². The van der Waals surface area contributed by atoms with Crippen LogP contribution in [0.5, 0.6) is 5.75 Å². The second kappa shape index (κ2) is 6.26. The Kier molecular flexibility index (Phi) is 4.35. The van der Waals surface area contributed by atoms with E-state index in [1.807, 2.05) is 18.2 Å². The second-order valence-electron chi connectivity index (χ2n) is 5.79. The van der Waals surface area contributed by atoms with Crippen molar-refractivity contribution in [2.75, 3.05) is 19.7 Å². The lowest BCUT2D eigenvalue weighted by Crippen LogP contribution is -2.40. The molecule has 120 valence electrons. The van der Waals surface area contributed by atoms with Crippen molar-refractivity contribution >= 4 is 15.9 Å². The average molecular weight is 324 g/mol. The van der Waals surface area contributed by atoms with Crippen molar-refractivity contribution in [1.82, 2.24) is 9.62 Å². The smallest absolute Gasteiger partial charge is 0.260 e. The first kappa shape index (κ1) is 15.3. The number of carbonyl (C=O) groups is 1. The highest BCUT2D eigenvalue weighted by Crippen LogP contribution is 2.28. The zero-order valence-corrected chi connectivity index (χ0v) is 13.1. The third kappa shape index (κ3) is 3.78. The molecule has 6 nitrogen and oxygen atoms in total. The van der Waals surface area contributed by atoms with Gasteiger partial charge in [-0.25, -0.2) is 13.1 Å². The molecule has 0 radical (unpaired) electrons. The molecular formula is C15H20N2O4S. The SMILES string of the molecule is O=C(COc1ccccc1)N1CC[C@H](NS(=O)(=O)C2CC2)C1. The monoisotopic (exact) mass is 324 g/mol. The summed E-state index contributed by atoms with van der Waals surface area (Å²) >= 11 is 0. The van der Waals surface area contributed by atoms with Gasteiger partial charge in [-0.2, -0.15) is 0 Å². The number of para-hydroxylation sites is 1. The molecule has 1 saturated heterocycles. The largest absolute Gasteiger partial charge is 0.484 e. The van der Waals surface area contributed by atoms with Gasteiger partial charge in [0.15, 0.2) is 6.61 Å². The summed E-state index contributed by atoms with van der Waals surface area (Å²) in [6.45, 7) is 0.962. The van der Waals surface area contributed by atoms with E-state index in [2.05, 4.69) is 4.72 Å². The number of likely N-dealkylation sites (tertiary alicyclic amines) is 1. The van der Waals surface area contributed by atoms with Crippen LogP contribution < -0.4 is 9.46 Å². The minimum absolute atomic E-state index is 0.0217. The van der Waals surface area contributed by atoms with Crippen LogP contribution in [0.25, 0.3) is 0 Å². The highest BCUT2D eigenvalue weighted by Gasteiger charge is 2.38. The molecule has 2 aliphatic rings. The Hall–Kier alpha value is -1.60. The van der Waals surface area contributed by atoms with Crippen molar-refractivity contribution in [2.45, 2.75) is 30.6 Å². The lowest BCUT2D eigenvalue weighted by Gasteiger charge is -2.17. The van der Waals surface area contributed by atoms with Gasteiger partial charge in [0, 0.05) is 19.1 Å². The Morgan fingerprint density at radius 3 is 2.64 bits per heavy atom. The van der Waals surface area contributed by atoms with Crippen molar-refractivity contribution in [3.05, 3.63) is 30.3 Å². The summed E-state index contributed by atoms with van der Waals surface area (Å²) in [7, 11) is -3.19. The van der Waals surface area contributed by atoms with Crippen LogP contribution in [-0.4, -0.2) is 50.2 Å². The fourth-order valence-electron chi connectivity index (χ4n) is 2.54. The van der Waals surface area contributed by atoms with Crippen LogP contribution in [0.1, 0.15) is 19.3 Å². The highest BCUT2D eigenvalue weighted by molar-refractivity contribution is 7.90. The highest BCUT2D eigenvalue weighted by atomic mass is 32.2. The van der Waals surface area contributed by atoms with Crippen molar-refractivity contribution in [3.63, 3.8) is 0 Å². The Bertz CT molecular complexity index is 628. The minimum Gasteiger partial charge on any atom is -0.484 e. The molecule has 1 aromatic rings. The molecule has 1 aliphatic heterocycles. The number of sulfonamides is 1. The number of carbonyl (C=O) groups excluding carboxylic acids is 1. The van der Waals surface area contributed by atoms with Gasteiger partial charge in [-0.05, 0) is 31.4 Å². The average Bonchev–Trinajstić information content (AvgIpc) is 3.28. The predicted molar refractivity (Wildman–Crippen MR) is 82.0 cm³/mol. The lowest BCUT2D eigenvalue weighted by molar-refractivity contribution is -0.132. The number of nitrogens with one attached hydrogen (secondary N) is 1. The fourth-order valence-corrected chi connectivity index (χ4v) is 4.15. The molecule has 0 bridgehead atoms. The van der Waals surface area contributed by atoms with Crippen LogP contribution in [-0.2, 0) is 14.8 Å². The van der Waals surface area contributed by atoms with Crippen molar-refractivity contribution in [1.29, 1.82) is 0 Å². The molecule has 2 fully saturated rings. The third-order valence-corrected chi connectivity index (χ3v) is 5.95. The molecule has 3 rings (SSSR count). The first-order chi connectivity index (χ1) is 10.5. The van der Waals surface area contributed by atoms with Gasteiger partial charge in [-0.3, -0.25) is 4.79 Å². The van der Waals surface area contributed by atoms with E-state index >= 15 is 0 Å². The van der Waals surface area contributed by atoms with Crippen molar-refractivity contribution < 1.29 is 17.9 Å². The zero-order chi connectivity index (χ0) is 15.6. The number of benzene rings is 1. The summed E-state index contributed by atoms with van der Waals surface area (Å²) in [5.41, 5.74) is 0. The Balaban J connectivity index is 1.46. The van der Waals surface area contributed by atoms with E-state index in [1.54, 1.807) is 17.0 Å². The molecule has 1 heterocycles. The van der Waals surface area contributed by atoms with E-state index in [0.29, 0.717) is 25.3 Å². The first-order valence-electron chi connectivity index (χ1n) is 7.51. The molecule has 1 atom stereocenters. The molecule has 22 heavy (non-hydrogen) atoms. The quantitative estimate of drug-likeness (QED) is 0.838. The maximum atomic E-state index is 12.1. The van der Waals surface area contributed by atoms with E-state index in [-0.39, 0.29) is 23.8 Å². The normalized spacial score (nSPS) is 21.8. The predicted octanol–water partition coefficient (Wildman–Crippen LogP) is 0.748. The van der Waals surface area contributed by atoms with Crippen LogP contribution in [0.3, 0.4) is 0 Å². The molecule has 1 amide bonds. The van der Waals surface area contributed by atoms with Gasteiger partial charge in [0.05, 0.1) is 5.25 Å². The van der Waals surface area contributed by atoms with Gasteiger partial charge in [0.2, 0.25) is 10.0 Å². The molecule has 1 saturated carbocycles. The number of ether oxygens (including phenoxy) is 1. The summed E-state index contributed by atoms with van der Waals surface area (Å²) in [6.07, 6.45) is 2.15. The number of hydrogen-bond donors (Lipinski definition) is 1. The maximum Gasteiger partial charge on any atom is 0.260 e. The van der Waals surface area contributed by atoms with Gasteiger partial charge in [-0.15, -0.1) is 0 Å². The standard InChI is InChI=1S/C15H20N2O4S/c18-15(11-21-13-4-2-1-3-5-13)17-9-8-12(10-17)16-22(19,20)14-6-7-14/h1-5,12,14,16H,6-11H2/t12-/m0/s1. The number of rotatable bonds is 6. The molecular weight excluding hydrogens is 304 g/mol. The number of hydrogen-bond acceptors (Lipinski definition) is 4. The number of nitrogens with zero attached hydrogens (tertiary/aromatic N) is 1. The minimum atomic E-state index is -3.19. The second-order valence-corrected chi connectivity index (χ2v) is 7.78. The molecule has 1 aliphatic carbocycles. The summed E-state index contributed by atoms with van der Waals surface area (Å²) in [5.74, 6) is 0.540. The molecule has 1 aromatic carbocycles. The van der Waals surface area contributed by atoms with Crippen LogP contribution in [0.2, 0.25) is 0 Å². The number of amides is 1. The molecule has 1 N–H and O–H groups in total. The zero-order valence-electron chi connectivity index (χ0n) is 12.3. The summed E-state index contributed by atoms with van der Waals surface area (Å²) in [5, 5.41) is -0.223. The van der Waals surface area contributed by atoms with Gasteiger partial charge in [0.1, 0.15) is 5.75 Å². The molecule has 0 unspecified atom stereocenters. The van der Waals surface area contributed by atoms with Crippen LogP contribution in [0.15, 0.2) is 30.3 Å². The molecule has 0 aromatic heterocycles. The first-order valence-corrected chi connectivity index (χ1v) is 9.06. The molecule has 0 spiro atoms. The molecule has 7 heteroatoms. The van der Waals surface area contributed by atoms with Crippen molar-refractivity contribution in [2.24, 2.45) is 0 Å². The van der Waals surface area contributed by atoms with Crippen molar-refractivity contribution in [3.8, 4) is 5.75 Å². The van der Waals surface area contributed by atoms with Crippen LogP contribution in [0.4, 0.5) is 0 Å². The Morgan fingerprint density at radius 2 is 1.95 bits per heavy atom. The Morgan fingerprint density at radius 1 is 1.23 bits per heavy atom.